The van der Waals surface area contributed by atoms with Gasteiger partial charge in [0.1, 0.15) is 5.82 Å². The number of nitrogens with one attached hydrogen (secondary N) is 1. The third kappa shape index (κ3) is 3.87. The molecule has 1 atom stereocenters. The summed E-state index contributed by atoms with van der Waals surface area (Å²) in [4.78, 5) is 27.1. The van der Waals surface area contributed by atoms with Crippen LogP contribution >= 0.6 is 23.2 Å². The van der Waals surface area contributed by atoms with Gasteiger partial charge < -0.3 is 19.7 Å². The smallest absolute Gasteiger partial charge is 0.231 e. The molecule has 0 spiro atoms. The van der Waals surface area contributed by atoms with E-state index in [1.54, 1.807) is 52.2 Å². The summed E-state index contributed by atoms with van der Waals surface area (Å²) in [6, 6.07) is 12.4. The van der Waals surface area contributed by atoms with Crippen molar-refractivity contribution in [3.63, 3.8) is 0 Å². The molecule has 1 aromatic heterocycles. The fraction of sp³-hybridized carbons (Fsp3) is 0.227. The summed E-state index contributed by atoms with van der Waals surface area (Å²) < 4.78 is 12.3. The van der Waals surface area contributed by atoms with E-state index in [0.717, 1.165) is 5.56 Å². The van der Waals surface area contributed by atoms with Crippen molar-refractivity contribution < 1.29 is 19.1 Å². The monoisotopic (exact) mass is 472 g/mol. The standard InChI is InChI=1S/C22H18Cl2N4O4/c23-16-3-1-2-13(21(16)24)11-28-19(6-7-25-28)26-22(30)14-8-20(29)27(10-14)15-4-5-17-18(9-15)32-12-31-17/h1-7,9,14H,8,10-12H2,(H,26,30). The van der Waals surface area contributed by atoms with E-state index in [2.05, 4.69) is 10.4 Å². The van der Waals surface area contributed by atoms with Crippen molar-refractivity contribution >= 4 is 46.5 Å². The minimum atomic E-state index is -0.494. The molecule has 2 aliphatic heterocycles. The average Bonchev–Trinajstić information content (AvgIpc) is 3.51. The number of ether oxygens (including phenoxy) is 2. The second kappa shape index (κ2) is 8.37. The van der Waals surface area contributed by atoms with Crippen LogP contribution in [0.15, 0.2) is 48.7 Å². The molecule has 2 aromatic carbocycles. The molecular weight excluding hydrogens is 455 g/mol. The van der Waals surface area contributed by atoms with Crippen molar-refractivity contribution in [1.82, 2.24) is 9.78 Å². The molecule has 0 aliphatic carbocycles. The number of nitrogens with zero attached hydrogens (tertiary/aromatic N) is 3. The lowest BCUT2D eigenvalue weighted by molar-refractivity contribution is -0.122. The van der Waals surface area contributed by atoms with Crippen LogP contribution in [0, 0.1) is 5.92 Å². The molecular formula is C22H18Cl2N4O4. The van der Waals surface area contributed by atoms with Gasteiger partial charge in [-0.15, -0.1) is 0 Å². The maximum atomic E-state index is 12.9. The van der Waals surface area contributed by atoms with Crippen molar-refractivity contribution in [2.24, 2.45) is 5.92 Å². The van der Waals surface area contributed by atoms with Gasteiger partial charge in [-0.05, 0) is 23.8 Å². The van der Waals surface area contributed by atoms with E-state index in [4.69, 9.17) is 32.7 Å². The number of hydrogen-bond acceptors (Lipinski definition) is 5. The SMILES string of the molecule is O=C(Nc1ccnn1Cc1cccc(Cl)c1Cl)C1CC(=O)N(c2ccc3c(c2)OCO3)C1. The van der Waals surface area contributed by atoms with Crippen molar-refractivity contribution in [2.45, 2.75) is 13.0 Å². The van der Waals surface area contributed by atoms with Crippen molar-refractivity contribution in [1.29, 1.82) is 0 Å². The highest BCUT2D eigenvalue weighted by atomic mass is 35.5. The van der Waals surface area contributed by atoms with Crippen LogP contribution in [-0.4, -0.2) is 34.9 Å². The number of anilines is 2. The molecule has 3 heterocycles. The molecule has 2 amide bonds. The van der Waals surface area contributed by atoms with Crippen LogP contribution in [-0.2, 0) is 16.1 Å². The third-order valence-corrected chi connectivity index (χ3v) is 6.34. The molecule has 1 fully saturated rings. The van der Waals surface area contributed by atoms with Crippen molar-refractivity contribution in [3.05, 3.63) is 64.3 Å². The fourth-order valence-corrected chi connectivity index (χ4v) is 4.19. The number of fused-ring (bicyclic) bond motifs is 1. The highest BCUT2D eigenvalue weighted by Crippen LogP contribution is 2.37. The third-order valence-electron chi connectivity index (χ3n) is 5.48. The normalized spacial score (nSPS) is 17.1. The van der Waals surface area contributed by atoms with E-state index < -0.39 is 5.92 Å². The first-order valence-corrected chi connectivity index (χ1v) is 10.7. The number of benzene rings is 2. The number of hydrogen-bond donors (Lipinski definition) is 1. The van der Waals surface area contributed by atoms with E-state index >= 15 is 0 Å². The molecule has 1 unspecified atom stereocenters. The van der Waals surface area contributed by atoms with Crippen LogP contribution in [0.4, 0.5) is 11.5 Å². The minimum Gasteiger partial charge on any atom is -0.454 e. The van der Waals surface area contributed by atoms with Gasteiger partial charge in [-0.25, -0.2) is 4.68 Å². The van der Waals surface area contributed by atoms with Crippen LogP contribution in [0.25, 0.3) is 0 Å². The average molecular weight is 473 g/mol. The molecule has 164 valence electrons. The Bertz CT molecular complexity index is 1210. The van der Waals surface area contributed by atoms with Crippen molar-refractivity contribution in [3.8, 4) is 11.5 Å². The van der Waals surface area contributed by atoms with E-state index in [9.17, 15) is 9.59 Å². The van der Waals surface area contributed by atoms with Gasteiger partial charge in [0.15, 0.2) is 11.5 Å². The number of halogens is 2. The van der Waals surface area contributed by atoms with Gasteiger partial charge in [0.05, 0.1) is 28.7 Å². The van der Waals surface area contributed by atoms with Gasteiger partial charge in [0.25, 0.3) is 0 Å². The van der Waals surface area contributed by atoms with E-state index in [1.165, 1.54) is 0 Å². The molecule has 8 nitrogen and oxygen atoms in total. The fourth-order valence-electron chi connectivity index (χ4n) is 3.81. The lowest BCUT2D eigenvalue weighted by atomic mass is 10.1. The van der Waals surface area contributed by atoms with Crippen LogP contribution in [0.1, 0.15) is 12.0 Å². The summed E-state index contributed by atoms with van der Waals surface area (Å²) in [5.74, 6) is 0.879. The predicted molar refractivity (Wildman–Crippen MR) is 119 cm³/mol. The van der Waals surface area contributed by atoms with Gasteiger partial charge in [-0.2, -0.15) is 5.10 Å². The lowest BCUT2D eigenvalue weighted by Gasteiger charge is -2.17. The Labute approximate surface area is 193 Å². The summed E-state index contributed by atoms with van der Waals surface area (Å²) in [6.07, 6.45) is 1.71. The minimum absolute atomic E-state index is 0.120. The Kier molecular flexibility index (Phi) is 5.40. The summed E-state index contributed by atoms with van der Waals surface area (Å²) in [6.45, 7) is 0.777. The first-order valence-electron chi connectivity index (χ1n) is 9.95. The van der Waals surface area contributed by atoms with Crippen LogP contribution in [0.5, 0.6) is 11.5 Å². The first-order chi connectivity index (χ1) is 15.5. The number of carbonyl (C=O) groups excluding carboxylic acids is 2. The molecule has 0 bridgehead atoms. The molecule has 0 saturated carbocycles. The molecule has 1 saturated heterocycles. The topological polar surface area (TPSA) is 85.7 Å². The Morgan fingerprint density at radius 1 is 1.16 bits per heavy atom. The maximum absolute atomic E-state index is 12.9. The second-order valence-corrected chi connectivity index (χ2v) is 8.30. The van der Waals surface area contributed by atoms with Gasteiger partial charge >= 0.3 is 0 Å². The number of rotatable bonds is 5. The van der Waals surface area contributed by atoms with Crippen LogP contribution < -0.4 is 19.7 Å². The van der Waals surface area contributed by atoms with E-state index in [0.29, 0.717) is 39.6 Å². The van der Waals surface area contributed by atoms with E-state index in [1.807, 2.05) is 6.07 Å². The zero-order valence-corrected chi connectivity index (χ0v) is 18.3. The predicted octanol–water partition coefficient (Wildman–Crippen LogP) is 3.96. The summed E-state index contributed by atoms with van der Waals surface area (Å²) in [5, 5.41) is 8.05. The highest BCUT2D eigenvalue weighted by Gasteiger charge is 2.36. The van der Waals surface area contributed by atoms with Gasteiger partial charge in [0.2, 0.25) is 18.6 Å². The number of amides is 2. The Hall–Kier alpha value is -3.23. The number of aromatic nitrogens is 2. The quantitative estimate of drug-likeness (QED) is 0.607. The van der Waals surface area contributed by atoms with Crippen LogP contribution in [0.3, 0.4) is 0 Å². The zero-order valence-electron chi connectivity index (χ0n) is 16.8. The van der Waals surface area contributed by atoms with Gasteiger partial charge in [-0.3, -0.25) is 9.59 Å². The molecule has 0 radical (unpaired) electrons. The van der Waals surface area contributed by atoms with E-state index in [-0.39, 0.29) is 31.6 Å². The molecule has 10 heteroatoms. The number of carbonyl (C=O) groups is 2. The molecule has 32 heavy (non-hydrogen) atoms. The largest absolute Gasteiger partial charge is 0.454 e. The van der Waals surface area contributed by atoms with Gasteiger partial charge in [0, 0.05) is 30.8 Å². The molecule has 5 rings (SSSR count). The summed E-state index contributed by atoms with van der Waals surface area (Å²) in [7, 11) is 0. The second-order valence-electron chi connectivity index (χ2n) is 7.52. The molecule has 2 aliphatic rings. The summed E-state index contributed by atoms with van der Waals surface area (Å²) in [5.41, 5.74) is 1.46. The van der Waals surface area contributed by atoms with Gasteiger partial charge in [-0.1, -0.05) is 35.3 Å². The molecule has 1 N–H and O–H groups in total. The van der Waals surface area contributed by atoms with Crippen LogP contribution in [0.2, 0.25) is 10.0 Å². The Morgan fingerprint density at radius 3 is 2.88 bits per heavy atom. The Morgan fingerprint density at radius 2 is 2.00 bits per heavy atom. The lowest BCUT2D eigenvalue weighted by Crippen LogP contribution is -2.28. The zero-order chi connectivity index (χ0) is 22.2. The molecule has 3 aromatic rings. The highest BCUT2D eigenvalue weighted by molar-refractivity contribution is 6.42. The van der Waals surface area contributed by atoms with Crippen molar-refractivity contribution in [2.75, 3.05) is 23.6 Å². The maximum Gasteiger partial charge on any atom is 0.231 e. The first kappa shape index (κ1) is 20.7. The summed E-state index contributed by atoms with van der Waals surface area (Å²) >= 11 is 12.4. The Balaban J connectivity index is 1.28.